The Morgan fingerprint density at radius 2 is 2.27 bits per heavy atom. The van der Waals surface area contributed by atoms with Crippen molar-refractivity contribution in [2.75, 3.05) is 6.54 Å². The second-order valence-corrected chi connectivity index (χ2v) is 4.17. The van der Waals surface area contributed by atoms with E-state index >= 15 is 0 Å². The van der Waals surface area contributed by atoms with Crippen molar-refractivity contribution < 1.29 is 4.79 Å². The van der Waals surface area contributed by atoms with E-state index in [0.29, 0.717) is 18.0 Å². The van der Waals surface area contributed by atoms with Gasteiger partial charge >= 0.3 is 0 Å². The number of nitrogens with two attached hydrogens (primary N) is 1. The summed E-state index contributed by atoms with van der Waals surface area (Å²) in [4.78, 5) is 15.9. The topological polar surface area (TPSA) is 56.0 Å². The Bertz CT molecular complexity index is 309. The van der Waals surface area contributed by atoms with E-state index in [1.54, 1.807) is 24.5 Å². The van der Waals surface area contributed by atoms with E-state index in [0.717, 1.165) is 6.42 Å². The minimum Gasteiger partial charge on any atom is -0.330 e. The first kappa shape index (κ1) is 11.9. The minimum absolute atomic E-state index is 0.0748. The van der Waals surface area contributed by atoms with Crippen molar-refractivity contribution in [1.29, 1.82) is 0 Å². The Kier molecular flexibility index (Phi) is 4.43. The van der Waals surface area contributed by atoms with Crippen LogP contribution in [0.15, 0.2) is 24.5 Å². The molecular formula is C12H18N2O. The van der Waals surface area contributed by atoms with Crippen molar-refractivity contribution in [3.8, 4) is 0 Å². The van der Waals surface area contributed by atoms with Gasteiger partial charge in [0.1, 0.15) is 0 Å². The molecule has 0 fully saturated rings. The maximum absolute atomic E-state index is 12.0. The molecule has 0 saturated heterocycles. The summed E-state index contributed by atoms with van der Waals surface area (Å²) in [6.45, 7) is 4.60. The Morgan fingerprint density at radius 1 is 1.53 bits per heavy atom. The molecule has 3 nitrogen and oxygen atoms in total. The highest BCUT2D eigenvalue weighted by Crippen LogP contribution is 2.15. The zero-order valence-electron chi connectivity index (χ0n) is 9.31. The normalized spacial score (nSPS) is 12.8. The fourth-order valence-electron chi connectivity index (χ4n) is 1.62. The van der Waals surface area contributed by atoms with Gasteiger partial charge < -0.3 is 5.73 Å². The molecule has 0 aromatic carbocycles. The molecule has 82 valence electrons. The van der Waals surface area contributed by atoms with Crippen LogP contribution in [-0.4, -0.2) is 17.3 Å². The summed E-state index contributed by atoms with van der Waals surface area (Å²) in [5.74, 6) is 0.521. The Hall–Kier alpha value is -1.22. The van der Waals surface area contributed by atoms with E-state index in [4.69, 9.17) is 5.73 Å². The van der Waals surface area contributed by atoms with Crippen LogP contribution in [0.25, 0.3) is 0 Å². The average Bonchev–Trinajstić information content (AvgIpc) is 2.26. The quantitative estimate of drug-likeness (QED) is 0.748. The van der Waals surface area contributed by atoms with Gasteiger partial charge in [-0.05, 0) is 24.5 Å². The molecular weight excluding hydrogens is 188 g/mol. The van der Waals surface area contributed by atoms with Gasteiger partial charge in [-0.2, -0.15) is 0 Å². The van der Waals surface area contributed by atoms with Crippen LogP contribution in [0.1, 0.15) is 30.6 Å². The van der Waals surface area contributed by atoms with Gasteiger partial charge in [0.15, 0.2) is 5.78 Å². The van der Waals surface area contributed by atoms with Gasteiger partial charge in [0.2, 0.25) is 0 Å². The number of hydrogen-bond acceptors (Lipinski definition) is 3. The van der Waals surface area contributed by atoms with E-state index in [1.165, 1.54) is 0 Å². The van der Waals surface area contributed by atoms with Crippen molar-refractivity contribution in [3.63, 3.8) is 0 Å². The van der Waals surface area contributed by atoms with E-state index < -0.39 is 0 Å². The number of nitrogens with zero attached hydrogens (tertiary/aromatic N) is 1. The average molecular weight is 206 g/mol. The highest BCUT2D eigenvalue weighted by Gasteiger charge is 2.19. The third-order valence-electron chi connectivity index (χ3n) is 2.36. The van der Waals surface area contributed by atoms with Crippen molar-refractivity contribution in [2.45, 2.75) is 20.3 Å². The zero-order chi connectivity index (χ0) is 11.3. The smallest absolute Gasteiger partial charge is 0.168 e. The first-order chi connectivity index (χ1) is 7.15. The van der Waals surface area contributed by atoms with E-state index in [1.807, 2.05) is 0 Å². The summed E-state index contributed by atoms with van der Waals surface area (Å²) < 4.78 is 0. The largest absolute Gasteiger partial charge is 0.330 e. The Morgan fingerprint density at radius 3 is 2.73 bits per heavy atom. The van der Waals surface area contributed by atoms with Crippen LogP contribution in [-0.2, 0) is 0 Å². The summed E-state index contributed by atoms with van der Waals surface area (Å²) in [6.07, 6.45) is 4.10. The number of carbonyl (C=O) groups is 1. The summed E-state index contributed by atoms with van der Waals surface area (Å²) >= 11 is 0. The van der Waals surface area contributed by atoms with Crippen LogP contribution in [0, 0.1) is 11.8 Å². The second kappa shape index (κ2) is 5.61. The van der Waals surface area contributed by atoms with Crippen LogP contribution in [0.3, 0.4) is 0 Å². The number of carbonyl (C=O) groups excluding carboxylic acids is 1. The van der Waals surface area contributed by atoms with E-state index in [9.17, 15) is 4.79 Å². The van der Waals surface area contributed by atoms with Gasteiger partial charge in [-0.3, -0.25) is 9.78 Å². The van der Waals surface area contributed by atoms with Gasteiger partial charge in [0.05, 0.1) is 0 Å². The molecule has 3 heteroatoms. The molecule has 15 heavy (non-hydrogen) atoms. The van der Waals surface area contributed by atoms with Crippen molar-refractivity contribution in [2.24, 2.45) is 17.6 Å². The summed E-state index contributed by atoms with van der Waals surface area (Å²) in [6, 6.07) is 3.56. The first-order valence-electron chi connectivity index (χ1n) is 5.29. The number of Topliss-reactive ketones (excluding diaryl/α,β-unsaturated/α-hetero) is 1. The SMILES string of the molecule is CC(C)CC(CN)C(=O)c1cccnc1. The number of pyridine rings is 1. The number of ketones is 1. The van der Waals surface area contributed by atoms with Crippen LogP contribution in [0.5, 0.6) is 0 Å². The van der Waals surface area contributed by atoms with Crippen molar-refractivity contribution >= 4 is 5.78 Å². The molecule has 1 atom stereocenters. The molecule has 0 aliphatic heterocycles. The van der Waals surface area contributed by atoms with Gasteiger partial charge in [0.25, 0.3) is 0 Å². The van der Waals surface area contributed by atoms with Crippen LogP contribution < -0.4 is 5.73 Å². The zero-order valence-corrected chi connectivity index (χ0v) is 9.31. The molecule has 0 saturated carbocycles. The lowest BCUT2D eigenvalue weighted by Gasteiger charge is -2.15. The van der Waals surface area contributed by atoms with Gasteiger partial charge in [-0.15, -0.1) is 0 Å². The molecule has 0 aliphatic carbocycles. The van der Waals surface area contributed by atoms with Crippen LogP contribution >= 0.6 is 0 Å². The van der Waals surface area contributed by atoms with Crippen molar-refractivity contribution in [1.82, 2.24) is 4.98 Å². The van der Waals surface area contributed by atoms with Crippen molar-refractivity contribution in [3.05, 3.63) is 30.1 Å². The fraction of sp³-hybridized carbons (Fsp3) is 0.500. The minimum atomic E-state index is -0.0748. The monoisotopic (exact) mass is 206 g/mol. The van der Waals surface area contributed by atoms with E-state index in [-0.39, 0.29) is 11.7 Å². The third-order valence-corrected chi connectivity index (χ3v) is 2.36. The lowest BCUT2D eigenvalue weighted by Crippen LogP contribution is -2.25. The highest BCUT2D eigenvalue weighted by molar-refractivity contribution is 5.97. The first-order valence-corrected chi connectivity index (χ1v) is 5.29. The number of hydrogen-bond donors (Lipinski definition) is 1. The molecule has 1 rings (SSSR count). The molecule has 1 aromatic heterocycles. The predicted molar refractivity (Wildman–Crippen MR) is 60.6 cm³/mol. The Labute approximate surface area is 90.7 Å². The molecule has 0 spiro atoms. The van der Waals surface area contributed by atoms with Crippen LogP contribution in [0.2, 0.25) is 0 Å². The van der Waals surface area contributed by atoms with E-state index in [2.05, 4.69) is 18.8 Å². The number of aromatic nitrogens is 1. The summed E-state index contributed by atoms with van der Waals surface area (Å²) in [5, 5.41) is 0. The van der Waals surface area contributed by atoms with Gasteiger partial charge in [-0.1, -0.05) is 13.8 Å². The predicted octanol–water partition coefficient (Wildman–Crippen LogP) is 1.89. The second-order valence-electron chi connectivity index (χ2n) is 4.17. The maximum Gasteiger partial charge on any atom is 0.168 e. The lowest BCUT2D eigenvalue weighted by atomic mass is 9.90. The fourth-order valence-corrected chi connectivity index (χ4v) is 1.62. The molecule has 0 bridgehead atoms. The maximum atomic E-state index is 12.0. The standard InChI is InChI=1S/C12H18N2O/c1-9(2)6-11(7-13)12(15)10-4-3-5-14-8-10/h3-5,8-9,11H,6-7,13H2,1-2H3. The molecule has 1 unspecified atom stereocenters. The van der Waals surface area contributed by atoms with Gasteiger partial charge in [-0.25, -0.2) is 0 Å². The summed E-state index contributed by atoms with van der Waals surface area (Å²) in [5.41, 5.74) is 6.28. The molecule has 1 aromatic rings. The van der Waals surface area contributed by atoms with Gasteiger partial charge in [0, 0.05) is 30.4 Å². The lowest BCUT2D eigenvalue weighted by molar-refractivity contribution is 0.0908. The van der Waals surface area contributed by atoms with Crippen LogP contribution in [0.4, 0.5) is 0 Å². The third kappa shape index (κ3) is 3.44. The molecule has 0 amide bonds. The molecule has 0 aliphatic rings. The molecule has 0 radical (unpaired) electrons. The molecule has 1 heterocycles. The molecule has 2 N–H and O–H groups in total. The number of rotatable bonds is 5. The highest BCUT2D eigenvalue weighted by atomic mass is 16.1. The Balaban J connectivity index is 2.74. The summed E-state index contributed by atoms with van der Waals surface area (Å²) in [7, 11) is 0.